The molecule has 1 aromatic heterocycles. The highest BCUT2D eigenvalue weighted by Crippen LogP contribution is 2.77. The van der Waals surface area contributed by atoms with Gasteiger partial charge in [-0.15, -0.1) is 0 Å². The molecule has 39 heavy (non-hydrogen) atoms. The molecule has 0 spiro atoms. The lowest BCUT2D eigenvalue weighted by Gasteiger charge is -2.73. The molecule has 0 aromatic carbocycles. The van der Waals surface area contributed by atoms with Gasteiger partial charge in [0.2, 0.25) is 0 Å². The van der Waals surface area contributed by atoms with Crippen LogP contribution in [0, 0.1) is 56.7 Å². The number of carbonyl (C=O) groups excluding carboxylic acids is 1. The van der Waals surface area contributed by atoms with E-state index in [-0.39, 0.29) is 17.5 Å². The fourth-order valence-corrected chi connectivity index (χ4v) is 12.4. The Morgan fingerprint density at radius 3 is 2.36 bits per heavy atom. The summed E-state index contributed by atoms with van der Waals surface area (Å²) in [6.07, 6.45) is 16.3. The maximum absolute atomic E-state index is 13.0. The van der Waals surface area contributed by atoms with Gasteiger partial charge in [-0.3, -0.25) is 4.98 Å². The zero-order valence-electron chi connectivity index (χ0n) is 25.8. The summed E-state index contributed by atoms with van der Waals surface area (Å²) in [6, 6.07) is 3.63. The van der Waals surface area contributed by atoms with E-state index in [2.05, 4.69) is 60.0 Å². The summed E-state index contributed by atoms with van der Waals surface area (Å²) >= 11 is 0. The van der Waals surface area contributed by atoms with Gasteiger partial charge in [0.25, 0.3) is 0 Å². The van der Waals surface area contributed by atoms with Crippen molar-refractivity contribution in [3.63, 3.8) is 0 Å². The van der Waals surface area contributed by atoms with Crippen LogP contribution in [0.2, 0.25) is 0 Å². The van der Waals surface area contributed by atoms with Crippen molar-refractivity contribution in [2.75, 3.05) is 0 Å². The minimum Gasteiger partial charge on any atom is -0.458 e. The van der Waals surface area contributed by atoms with Crippen LogP contribution >= 0.6 is 0 Å². The van der Waals surface area contributed by atoms with E-state index in [0.717, 1.165) is 30.1 Å². The van der Waals surface area contributed by atoms with Crippen LogP contribution in [0.1, 0.15) is 123 Å². The third kappa shape index (κ3) is 3.72. The SMILES string of the molecule is C=C(C)[C@@H]1CC[C@]2(C)CC[C@]3(C)[C@@H](CC[C@@H]4[C@@]5(C)CC[C@H](OC(=O)c6cccnc6)C(C)(C)[C@@H]5CC[C@]43C)[C@H]12. The van der Waals surface area contributed by atoms with Crippen molar-refractivity contribution in [1.82, 2.24) is 4.98 Å². The van der Waals surface area contributed by atoms with Crippen molar-refractivity contribution in [2.24, 2.45) is 56.7 Å². The minimum absolute atomic E-state index is 0.0361. The molecule has 10 atom stereocenters. The summed E-state index contributed by atoms with van der Waals surface area (Å²) in [4.78, 5) is 17.2. The van der Waals surface area contributed by atoms with Crippen LogP contribution in [0.4, 0.5) is 0 Å². The number of carbonyl (C=O) groups is 1. The van der Waals surface area contributed by atoms with E-state index < -0.39 is 0 Å². The van der Waals surface area contributed by atoms with E-state index in [1.807, 2.05) is 12.1 Å². The summed E-state index contributed by atoms with van der Waals surface area (Å²) in [5.74, 6) is 3.46. The fourth-order valence-electron chi connectivity index (χ4n) is 12.4. The number of esters is 1. The summed E-state index contributed by atoms with van der Waals surface area (Å²) in [7, 11) is 0. The van der Waals surface area contributed by atoms with E-state index in [1.165, 1.54) is 63.4 Å². The summed E-state index contributed by atoms with van der Waals surface area (Å²) < 4.78 is 6.26. The highest BCUT2D eigenvalue weighted by molar-refractivity contribution is 5.89. The predicted octanol–water partition coefficient (Wildman–Crippen LogP) is 9.28. The summed E-state index contributed by atoms with van der Waals surface area (Å²) in [5.41, 5.74) is 3.55. The van der Waals surface area contributed by atoms with Gasteiger partial charge in [0, 0.05) is 17.8 Å². The normalized spacial score (nSPS) is 48.2. The minimum atomic E-state index is -0.215. The molecule has 214 valence electrons. The molecule has 0 saturated heterocycles. The predicted molar refractivity (Wildman–Crippen MR) is 158 cm³/mol. The third-order valence-electron chi connectivity index (χ3n) is 14.6. The molecule has 3 heteroatoms. The number of hydrogen-bond acceptors (Lipinski definition) is 3. The molecule has 3 nitrogen and oxygen atoms in total. The molecular weight excluding hydrogens is 478 g/mol. The van der Waals surface area contributed by atoms with Gasteiger partial charge in [0.1, 0.15) is 6.10 Å². The van der Waals surface area contributed by atoms with Crippen LogP contribution in [-0.2, 0) is 4.74 Å². The lowest BCUT2D eigenvalue weighted by Crippen LogP contribution is -2.66. The number of allylic oxidation sites excluding steroid dienone is 1. The molecule has 6 rings (SSSR count). The standard InChI is InChI=1S/C36H53NO2/c1-23(2)25-13-16-33(5)19-20-35(7)26(30(25)33)11-12-28-34(6)17-15-29(39-31(38)24-10-9-21-37-22-24)32(3,4)27(34)14-18-36(28,35)8/h9-10,21-22,25-30H,1,11-20H2,2-8H3/t25-,26-,27-,28+,29-,30-,33+,34-,35+,36+/m0/s1. The van der Waals surface area contributed by atoms with Gasteiger partial charge in [-0.2, -0.15) is 0 Å². The topological polar surface area (TPSA) is 39.2 Å². The van der Waals surface area contributed by atoms with Crippen LogP contribution < -0.4 is 0 Å². The number of ether oxygens (including phenoxy) is 1. The van der Waals surface area contributed by atoms with Gasteiger partial charge in [0.15, 0.2) is 0 Å². The van der Waals surface area contributed by atoms with Crippen LogP contribution in [-0.4, -0.2) is 17.1 Å². The molecule has 5 fully saturated rings. The smallest absolute Gasteiger partial charge is 0.339 e. The molecule has 0 bridgehead atoms. The Balaban J connectivity index is 1.28. The van der Waals surface area contributed by atoms with Gasteiger partial charge in [-0.05, 0) is 135 Å². The second-order valence-electron chi connectivity index (χ2n) is 16.3. The Morgan fingerprint density at radius 2 is 1.67 bits per heavy atom. The van der Waals surface area contributed by atoms with E-state index in [9.17, 15) is 4.79 Å². The maximum Gasteiger partial charge on any atom is 0.339 e. The Labute approximate surface area is 238 Å². The van der Waals surface area contributed by atoms with Crippen molar-refractivity contribution in [1.29, 1.82) is 0 Å². The van der Waals surface area contributed by atoms with Gasteiger partial charge in [-0.25, -0.2) is 4.79 Å². The van der Waals surface area contributed by atoms with Crippen molar-refractivity contribution < 1.29 is 9.53 Å². The van der Waals surface area contributed by atoms with E-state index in [0.29, 0.717) is 33.1 Å². The molecule has 0 N–H and O–H groups in total. The zero-order chi connectivity index (χ0) is 28.0. The largest absolute Gasteiger partial charge is 0.458 e. The number of rotatable bonds is 3. The first-order valence-corrected chi connectivity index (χ1v) is 16.0. The van der Waals surface area contributed by atoms with Crippen LogP contribution in [0.5, 0.6) is 0 Å². The molecule has 5 aliphatic rings. The second kappa shape index (κ2) is 8.93. The molecule has 0 radical (unpaired) electrons. The number of aromatic nitrogens is 1. The summed E-state index contributed by atoms with van der Waals surface area (Å²) in [5, 5.41) is 0. The highest BCUT2D eigenvalue weighted by atomic mass is 16.5. The first-order chi connectivity index (χ1) is 18.3. The van der Waals surface area contributed by atoms with Crippen LogP contribution in [0.25, 0.3) is 0 Å². The quantitative estimate of drug-likeness (QED) is 0.288. The second-order valence-corrected chi connectivity index (χ2v) is 16.3. The Hall–Kier alpha value is -1.64. The van der Waals surface area contributed by atoms with Crippen molar-refractivity contribution >= 4 is 5.97 Å². The zero-order valence-corrected chi connectivity index (χ0v) is 25.8. The molecule has 0 aliphatic heterocycles. The fraction of sp³-hybridized carbons (Fsp3) is 0.778. The Kier molecular flexibility index (Phi) is 6.30. The lowest BCUT2D eigenvalue weighted by molar-refractivity contribution is -0.246. The first-order valence-electron chi connectivity index (χ1n) is 16.0. The highest BCUT2D eigenvalue weighted by Gasteiger charge is 2.70. The lowest BCUT2D eigenvalue weighted by atomic mass is 9.32. The number of fused-ring (bicyclic) bond motifs is 7. The molecule has 5 aliphatic carbocycles. The first kappa shape index (κ1) is 27.5. The van der Waals surface area contributed by atoms with Crippen LogP contribution in [0.15, 0.2) is 36.7 Å². The summed E-state index contributed by atoms with van der Waals surface area (Å²) in [6.45, 7) is 22.3. The molecular formula is C36H53NO2. The molecule has 1 heterocycles. The van der Waals surface area contributed by atoms with E-state index in [1.54, 1.807) is 12.4 Å². The molecule has 0 unspecified atom stereocenters. The Morgan fingerprint density at radius 1 is 0.897 bits per heavy atom. The maximum atomic E-state index is 13.0. The number of pyridine rings is 1. The monoisotopic (exact) mass is 531 g/mol. The number of hydrogen-bond donors (Lipinski definition) is 0. The van der Waals surface area contributed by atoms with Gasteiger partial charge in [-0.1, -0.05) is 53.7 Å². The van der Waals surface area contributed by atoms with Gasteiger partial charge < -0.3 is 4.74 Å². The Bertz CT molecular complexity index is 1140. The third-order valence-corrected chi connectivity index (χ3v) is 14.6. The van der Waals surface area contributed by atoms with Crippen LogP contribution in [0.3, 0.4) is 0 Å². The number of nitrogens with zero attached hydrogens (tertiary/aromatic N) is 1. The van der Waals surface area contributed by atoms with E-state index in [4.69, 9.17) is 4.74 Å². The average molecular weight is 532 g/mol. The van der Waals surface area contributed by atoms with Crippen molar-refractivity contribution in [3.8, 4) is 0 Å². The van der Waals surface area contributed by atoms with Crippen molar-refractivity contribution in [2.45, 2.75) is 119 Å². The van der Waals surface area contributed by atoms with Crippen molar-refractivity contribution in [3.05, 3.63) is 42.2 Å². The van der Waals surface area contributed by atoms with E-state index >= 15 is 0 Å². The molecule has 5 saturated carbocycles. The average Bonchev–Trinajstić information content (AvgIpc) is 3.24. The molecule has 0 amide bonds. The molecule has 1 aromatic rings. The van der Waals surface area contributed by atoms with Gasteiger partial charge >= 0.3 is 5.97 Å². The van der Waals surface area contributed by atoms with Gasteiger partial charge in [0.05, 0.1) is 5.56 Å².